The molecule has 0 bridgehead atoms. The van der Waals surface area contributed by atoms with E-state index in [1.807, 2.05) is 0 Å². The van der Waals surface area contributed by atoms with Crippen molar-refractivity contribution in [2.45, 2.75) is 13.0 Å². The van der Waals surface area contributed by atoms with E-state index < -0.39 is 11.6 Å². The summed E-state index contributed by atoms with van der Waals surface area (Å²) in [5, 5.41) is 11.3. The lowest BCUT2D eigenvalue weighted by Crippen LogP contribution is -2.08. The zero-order valence-electron chi connectivity index (χ0n) is 18.9. The van der Waals surface area contributed by atoms with Crippen LogP contribution in [0.25, 0.3) is 44.4 Å². The van der Waals surface area contributed by atoms with Gasteiger partial charge < -0.3 is 19.0 Å². The van der Waals surface area contributed by atoms with Crippen molar-refractivity contribution in [1.82, 2.24) is 15.0 Å². The van der Waals surface area contributed by atoms with Gasteiger partial charge in [0.2, 0.25) is 0 Å². The molecule has 0 spiro atoms. The second-order valence-corrected chi connectivity index (χ2v) is 8.27. The lowest BCUT2D eigenvalue weighted by atomic mass is 9.95. The number of pyridine rings is 1. The second kappa shape index (κ2) is 8.29. The molecule has 0 saturated heterocycles. The lowest BCUT2D eigenvalue weighted by molar-refractivity contribution is 0.111. The van der Waals surface area contributed by atoms with Crippen LogP contribution in [0, 0.1) is 24.0 Å². The largest absolute Gasteiger partial charge is 0.508 e. The first kappa shape index (κ1) is 21.9. The van der Waals surface area contributed by atoms with E-state index >= 15 is 4.39 Å². The standard InChI is InChI=1S/C27H17F2N3O4/c1-3-16-20(28)5-4-13-8-15(33)9-18(21(13)16)23-22(29)24-19(10-30-23)25(32-27(31-24)34-2)26-17-6-7-35-11-14(17)12-36-26/h1,4-5,8-10,12,33H,6-7,11H2,2H3. The van der Waals surface area contributed by atoms with E-state index in [1.165, 1.54) is 37.6 Å². The number of methoxy groups -OCH3 is 1. The molecule has 4 heterocycles. The third-order valence-electron chi connectivity index (χ3n) is 6.25. The van der Waals surface area contributed by atoms with Gasteiger partial charge in [-0.1, -0.05) is 12.0 Å². The molecule has 1 N–H and O–H groups in total. The number of halogens is 2. The van der Waals surface area contributed by atoms with Crippen molar-refractivity contribution in [3.05, 3.63) is 65.1 Å². The summed E-state index contributed by atoms with van der Waals surface area (Å²) in [4.78, 5) is 13.0. The summed E-state index contributed by atoms with van der Waals surface area (Å²) in [7, 11) is 1.38. The first-order valence-corrected chi connectivity index (χ1v) is 11.0. The number of rotatable bonds is 3. The Labute approximate surface area is 203 Å². The van der Waals surface area contributed by atoms with Gasteiger partial charge in [-0.15, -0.1) is 6.42 Å². The first-order chi connectivity index (χ1) is 17.5. The quantitative estimate of drug-likeness (QED) is 0.354. The summed E-state index contributed by atoms with van der Waals surface area (Å²) >= 11 is 0. The predicted octanol–water partition coefficient (Wildman–Crippen LogP) is 5.15. The molecule has 36 heavy (non-hydrogen) atoms. The van der Waals surface area contributed by atoms with E-state index in [0.717, 1.165) is 11.1 Å². The summed E-state index contributed by atoms with van der Waals surface area (Å²) < 4.78 is 47.2. The summed E-state index contributed by atoms with van der Waals surface area (Å²) in [6, 6.07) is 5.31. The Balaban J connectivity index is 1.65. The van der Waals surface area contributed by atoms with Gasteiger partial charge in [-0.2, -0.15) is 9.97 Å². The smallest absolute Gasteiger partial charge is 0.317 e. The van der Waals surface area contributed by atoms with E-state index in [0.29, 0.717) is 41.9 Å². The number of nitrogens with zero attached hydrogens (tertiary/aromatic N) is 3. The molecule has 0 aliphatic carbocycles. The molecule has 5 aromatic rings. The fourth-order valence-corrected chi connectivity index (χ4v) is 4.61. The SMILES string of the molecule is C#Cc1c(F)ccc2cc(O)cc(-c3ncc4c(-c5occ6c5CCOC6)nc(OC)nc4c3F)c12. The molecule has 2 aromatic carbocycles. The van der Waals surface area contributed by atoms with Gasteiger partial charge in [-0.05, 0) is 23.6 Å². The van der Waals surface area contributed by atoms with Crippen molar-refractivity contribution in [3.63, 3.8) is 0 Å². The molecular weight excluding hydrogens is 468 g/mol. The van der Waals surface area contributed by atoms with Crippen molar-refractivity contribution in [2.24, 2.45) is 0 Å². The number of phenolic OH excluding ortho intramolecular Hbond substituents is 1. The van der Waals surface area contributed by atoms with E-state index in [2.05, 4.69) is 20.9 Å². The van der Waals surface area contributed by atoms with Crippen LogP contribution in [0.1, 0.15) is 16.7 Å². The minimum absolute atomic E-state index is 0.0609. The molecule has 1 aliphatic heterocycles. The van der Waals surface area contributed by atoms with Gasteiger partial charge >= 0.3 is 6.01 Å². The third-order valence-corrected chi connectivity index (χ3v) is 6.25. The normalized spacial score (nSPS) is 13.1. The van der Waals surface area contributed by atoms with Gasteiger partial charge in [0, 0.05) is 34.7 Å². The van der Waals surface area contributed by atoms with Crippen molar-refractivity contribution in [1.29, 1.82) is 0 Å². The molecule has 3 aromatic heterocycles. The molecule has 178 valence electrons. The number of aromatic hydroxyl groups is 1. The van der Waals surface area contributed by atoms with Crippen LogP contribution in [-0.4, -0.2) is 33.8 Å². The summed E-state index contributed by atoms with van der Waals surface area (Å²) in [6.45, 7) is 0.934. The number of hydrogen-bond donors (Lipinski definition) is 1. The van der Waals surface area contributed by atoms with Crippen LogP contribution in [-0.2, 0) is 17.8 Å². The van der Waals surface area contributed by atoms with Crippen LogP contribution in [0.15, 0.2) is 41.1 Å². The number of phenols is 1. The molecule has 7 nitrogen and oxygen atoms in total. The molecule has 0 fully saturated rings. The van der Waals surface area contributed by atoms with Gasteiger partial charge in [0.25, 0.3) is 0 Å². The van der Waals surface area contributed by atoms with Crippen LogP contribution < -0.4 is 4.74 Å². The Morgan fingerprint density at radius 3 is 2.83 bits per heavy atom. The van der Waals surface area contributed by atoms with Gasteiger partial charge in [-0.25, -0.2) is 8.78 Å². The van der Waals surface area contributed by atoms with Crippen LogP contribution in [0.2, 0.25) is 0 Å². The molecule has 0 unspecified atom stereocenters. The third kappa shape index (κ3) is 3.26. The molecule has 1 aliphatic rings. The zero-order chi connectivity index (χ0) is 25.0. The summed E-state index contributed by atoms with van der Waals surface area (Å²) in [5.41, 5.74) is 1.97. The predicted molar refractivity (Wildman–Crippen MR) is 127 cm³/mol. The van der Waals surface area contributed by atoms with Crippen LogP contribution in [0.3, 0.4) is 0 Å². The van der Waals surface area contributed by atoms with E-state index in [9.17, 15) is 9.50 Å². The first-order valence-electron chi connectivity index (χ1n) is 11.0. The Morgan fingerprint density at radius 1 is 1.17 bits per heavy atom. The monoisotopic (exact) mass is 485 g/mol. The number of terminal acetylenes is 1. The molecule has 9 heteroatoms. The Morgan fingerprint density at radius 2 is 2.03 bits per heavy atom. The number of hydrogen-bond acceptors (Lipinski definition) is 7. The van der Waals surface area contributed by atoms with Crippen molar-refractivity contribution < 1.29 is 27.8 Å². The van der Waals surface area contributed by atoms with Gasteiger partial charge in [0.15, 0.2) is 11.6 Å². The van der Waals surface area contributed by atoms with Crippen LogP contribution in [0.5, 0.6) is 11.8 Å². The lowest BCUT2D eigenvalue weighted by Gasteiger charge is -2.14. The summed E-state index contributed by atoms with van der Waals surface area (Å²) in [5.74, 6) is 1.18. The van der Waals surface area contributed by atoms with Crippen molar-refractivity contribution in [2.75, 3.05) is 13.7 Å². The number of ether oxygens (including phenoxy) is 2. The average molecular weight is 485 g/mol. The molecule has 0 atom stereocenters. The average Bonchev–Trinajstić information content (AvgIpc) is 3.32. The number of aromatic nitrogens is 3. The Hall–Kier alpha value is -4.55. The number of furan rings is 1. The van der Waals surface area contributed by atoms with Gasteiger partial charge in [0.1, 0.15) is 28.5 Å². The number of fused-ring (bicyclic) bond motifs is 3. The molecule has 0 saturated carbocycles. The Kier molecular flexibility index (Phi) is 5.05. The Bertz CT molecular complexity index is 1740. The fourth-order valence-electron chi connectivity index (χ4n) is 4.61. The van der Waals surface area contributed by atoms with E-state index in [1.54, 1.807) is 6.26 Å². The zero-order valence-corrected chi connectivity index (χ0v) is 18.9. The van der Waals surface area contributed by atoms with E-state index in [4.69, 9.17) is 20.3 Å². The minimum atomic E-state index is -0.808. The molecule has 6 rings (SSSR count). The molecule has 0 amide bonds. The highest BCUT2D eigenvalue weighted by molar-refractivity contribution is 6.03. The maximum absolute atomic E-state index is 16.1. The van der Waals surface area contributed by atoms with E-state index in [-0.39, 0.29) is 39.5 Å². The molecular formula is C27H17F2N3O4. The maximum atomic E-state index is 16.1. The van der Waals surface area contributed by atoms with Gasteiger partial charge in [0.05, 0.1) is 37.5 Å². The minimum Gasteiger partial charge on any atom is -0.508 e. The maximum Gasteiger partial charge on any atom is 0.317 e. The summed E-state index contributed by atoms with van der Waals surface area (Å²) in [6.07, 6.45) is 9.20. The van der Waals surface area contributed by atoms with Crippen LogP contribution >= 0.6 is 0 Å². The van der Waals surface area contributed by atoms with Crippen LogP contribution in [0.4, 0.5) is 8.78 Å². The topological polar surface area (TPSA) is 90.5 Å². The van der Waals surface area contributed by atoms with Crippen molar-refractivity contribution in [3.8, 4) is 46.8 Å². The highest BCUT2D eigenvalue weighted by atomic mass is 19.1. The van der Waals surface area contributed by atoms with Gasteiger partial charge in [-0.3, -0.25) is 4.98 Å². The number of benzene rings is 2. The highest BCUT2D eigenvalue weighted by Gasteiger charge is 2.26. The second-order valence-electron chi connectivity index (χ2n) is 8.27. The fraction of sp³-hybridized carbons (Fsp3) is 0.148. The molecule has 0 radical (unpaired) electrons. The highest BCUT2D eigenvalue weighted by Crippen LogP contribution is 2.40. The van der Waals surface area contributed by atoms with Crippen molar-refractivity contribution >= 4 is 21.7 Å².